The minimum atomic E-state index is -0.617. The van der Waals surface area contributed by atoms with Gasteiger partial charge in [-0.1, -0.05) is 129 Å². The summed E-state index contributed by atoms with van der Waals surface area (Å²) in [5, 5.41) is 13.4. The topological polar surface area (TPSA) is 66.8 Å². The average Bonchev–Trinajstić information content (AvgIpc) is 3.65. The number of fused-ring (bicyclic) bond motifs is 3. The first kappa shape index (κ1) is 32.2. The first-order valence-corrected chi connectivity index (χ1v) is 19.4. The van der Waals surface area contributed by atoms with Crippen molar-refractivity contribution in [2.24, 2.45) is 33.5 Å². The van der Waals surface area contributed by atoms with Gasteiger partial charge in [-0.15, -0.1) is 0 Å². The minimum Gasteiger partial charge on any atom is -0.440 e. The minimum absolute atomic E-state index is 0.0637. The number of rotatable bonds is 5. The van der Waals surface area contributed by atoms with Crippen molar-refractivity contribution in [2.45, 2.75) is 77.0 Å². The maximum atomic E-state index is 15.1. The molecule has 7 aliphatic rings. The van der Waals surface area contributed by atoms with Crippen LogP contribution in [0.5, 0.6) is 0 Å². The van der Waals surface area contributed by atoms with Crippen LogP contribution in [-0.4, -0.2) is 40.1 Å². The van der Waals surface area contributed by atoms with Crippen LogP contribution < -0.4 is 0 Å². The van der Waals surface area contributed by atoms with Crippen molar-refractivity contribution in [2.75, 3.05) is 6.54 Å². The van der Waals surface area contributed by atoms with Crippen molar-refractivity contribution >= 4 is 22.6 Å². The number of hydrogen-bond donors (Lipinski definition) is 1. The van der Waals surface area contributed by atoms with E-state index in [9.17, 15) is 9.90 Å². The van der Waals surface area contributed by atoms with Crippen molar-refractivity contribution in [3.63, 3.8) is 0 Å². The Hall–Kier alpha value is -4.48. The molecule has 0 aromatic heterocycles. The Morgan fingerprint density at radius 3 is 2.31 bits per heavy atom. The van der Waals surface area contributed by atoms with Crippen molar-refractivity contribution < 1.29 is 19.4 Å². The number of carbonyl (C=O) groups is 2. The number of allylic oxidation sites excluding steroid dienone is 4. The van der Waals surface area contributed by atoms with E-state index in [1.807, 2.05) is 35.2 Å². The van der Waals surface area contributed by atoms with Gasteiger partial charge in [0.05, 0.1) is 12.6 Å². The van der Waals surface area contributed by atoms with Gasteiger partial charge < -0.3 is 9.84 Å². The van der Waals surface area contributed by atoms with E-state index >= 15 is 4.79 Å². The summed E-state index contributed by atoms with van der Waals surface area (Å²) in [4.78, 5) is 30.9. The predicted octanol–water partition coefficient (Wildman–Crippen LogP) is 9.94. The molecule has 1 heterocycles. The fourth-order valence-electron chi connectivity index (χ4n) is 12.7. The summed E-state index contributed by atoms with van der Waals surface area (Å²) in [6.45, 7) is 5.90. The molecule has 6 aliphatic carbocycles. The van der Waals surface area contributed by atoms with E-state index in [1.54, 1.807) is 0 Å². The Bertz CT molecular complexity index is 2180. The van der Waals surface area contributed by atoms with Crippen LogP contribution in [0, 0.1) is 33.5 Å². The molecule has 3 spiro atoms. The summed E-state index contributed by atoms with van der Waals surface area (Å²) in [5.74, 6) is 0.505. The van der Waals surface area contributed by atoms with Gasteiger partial charge >= 0.3 is 6.09 Å². The van der Waals surface area contributed by atoms with Gasteiger partial charge in [0.1, 0.15) is 5.60 Å². The normalized spacial score (nSPS) is 37.1. The molecule has 4 fully saturated rings. The second kappa shape index (κ2) is 11.0. The smallest absolute Gasteiger partial charge is 0.410 e. The van der Waals surface area contributed by atoms with Gasteiger partial charge in [-0.2, -0.15) is 0 Å². The third-order valence-electron chi connectivity index (χ3n) is 15.4. The van der Waals surface area contributed by atoms with Crippen molar-refractivity contribution in [3.8, 4) is 11.1 Å². The molecule has 4 aromatic rings. The summed E-state index contributed by atoms with van der Waals surface area (Å²) < 4.78 is 6.67. The lowest BCUT2D eigenvalue weighted by Gasteiger charge is -2.71. The summed E-state index contributed by atoms with van der Waals surface area (Å²) >= 11 is 0. The quantitative estimate of drug-likeness (QED) is 0.167. The Balaban J connectivity index is 1.04. The number of benzene rings is 4. The molecule has 0 unspecified atom stereocenters. The molecular weight excluding hydrogens is 643 g/mol. The number of amides is 1. The van der Waals surface area contributed by atoms with Gasteiger partial charge in [-0.3, -0.25) is 9.69 Å². The summed E-state index contributed by atoms with van der Waals surface area (Å²) in [6, 6.07) is 33.1. The zero-order valence-corrected chi connectivity index (χ0v) is 30.2. The molecular formula is C47H47NO4. The van der Waals surface area contributed by atoms with Gasteiger partial charge in [0.15, 0.2) is 5.78 Å². The molecule has 5 nitrogen and oxygen atoms in total. The Morgan fingerprint density at radius 2 is 1.48 bits per heavy atom. The van der Waals surface area contributed by atoms with Crippen molar-refractivity contribution in [1.82, 2.24) is 4.90 Å². The summed E-state index contributed by atoms with van der Waals surface area (Å²) in [6.07, 6.45) is 12.5. The predicted molar refractivity (Wildman–Crippen MR) is 203 cm³/mol. The second-order valence-electron chi connectivity index (χ2n) is 17.4. The van der Waals surface area contributed by atoms with Crippen LogP contribution in [0.25, 0.3) is 21.9 Å². The highest BCUT2D eigenvalue weighted by molar-refractivity contribution is 6.10. The monoisotopic (exact) mass is 689 g/mol. The van der Waals surface area contributed by atoms with E-state index in [0.29, 0.717) is 25.1 Å². The molecule has 3 saturated carbocycles. The summed E-state index contributed by atoms with van der Waals surface area (Å²) in [7, 11) is 0. The molecule has 8 atom stereocenters. The van der Waals surface area contributed by atoms with E-state index in [-0.39, 0.29) is 46.1 Å². The highest BCUT2D eigenvalue weighted by atomic mass is 16.6. The first-order valence-electron chi connectivity index (χ1n) is 19.4. The van der Waals surface area contributed by atoms with Crippen LogP contribution in [0.15, 0.2) is 121 Å². The number of Topliss-reactive ketones (excluding diaryl/α,β-unsaturated/α-hetero) is 1. The number of nitrogens with zero attached hydrogens (tertiary/aromatic N) is 1. The lowest BCUT2D eigenvalue weighted by atomic mass is 9.32. The molecule has 264 valence electrons. The van der Waals surface area contributed by atoms with E-state index < -0.39 is 11.0 Å². The third kappa shape index (κ3) is 4.15. The maximum Gasteiger partial charge on any atom is 0.410 e. The van der Waals surface area contributed by atoms with Crippen LogP contribution in [-0.2, 0) is 11.3 Å². The Morgan fingerprint density at radius 1 is 0.788 bits per heavy atom. The van der Waals surface area contributed by atoms with Crippen molar-refractivity contribution in [1.29, 1.82) is 0 Å². The van der Waals surface area contributed by atoms with E-state index in [1.165, 1.54) is 10.8 Å². The lowest BCUT2D eigenvalue weighted by molar-refractivity contribution is -0.164. The molecule has 4 aromatic carbocycles. The standard InChI is InChI=1S/C47H47NO4/c1-43-22-19-36(49)27-45(43)25-26-47(38(28-45)41(50)34-17-15-32(16-18-34)31-9-4-3-5-10-31)39(43)20-23-44(2)40(47)21-24-46(44)30-48(42(51)52-46)29-35-13-8-12-33-11-6-7-14-37(33)35/h3-18,25-26,28,36,39-40,49H,19-24,27,29-30H2,1-2H3/t36-,39+,40+,43+,44-,45-,46+,47+/m0/s1. The number of aliphatic hydroxyl groups excluding tert-OH is 1. The summed E-state index contributed by atoms with van der Waals surface area (Å²) in [5.41, 5.74) is 3.15. The fourth-order valence-corrected chi connectivity index (χ4v) is 12.7. The van der Waals surface area contributed by atoms with Gasteiger partial charge in [0.25, 0.3) is 0 Å². The van der Waals surface area contributed by atoms with Crippen LogP contribution in [0.3, 0.4) is 0 Å². The van der Waals surface area contributed by atoms with Crippen LogP contribution in [0.1, 0.15) is 74.7 Å². The fraction of sp³-hybridized carbons (Fsp3) is 0.404. The van der Waals surface area contributed by atoms with Crippen LogP contribution >= 0.6 is 0 Å². The van der Waals surface area contributed by atoms with E-state index in [4.69, 9.17) is 4.74 Å². The van der Waals surface area contributed by atoms with Crippen LogP contribution in [0.4, 0.5) is 4.79 Å². The van der Waals surface area contributed by atoms with E-state index in [2.05, 4.69) is 98.8 Å². The van der Waals surface area contributed by atoms with Crippen LogP contribution in [0.2, 0.25) is 0 Å². The molecule has 52 heavy (non-hydrogen) atoms. The second-order valence-corrected chi connectivity index (χ2v) is 17.4. The molecule has 2 bridgehead atoms. The highest BCUT2D eigenvalue weighted by Crippen LogP contribution is 2.79. The lowest BCUT2D eigenvalue weighted by Crippen LogP contribution is -2.67. The number of carbonyl (C=O) groups excluding carboxylic acids is 2. The molecule has 1 aliphatic heterocycles. The largest absolute Gasteiger partial charge is 0.440 e. The zero-order chi connectivity index (χ0) is 35.5. The first-order chi connectivity index (χ1) is 25.1. The molecule has 11 rings (SSSR count). The molecule has 5 heteroatoms. The number of hydrogen-bond acceptors (Lipinski definition) is 4. The zero-order valence-electron chi connectivity index (χ0n) is 30.2. The molecule has 0 radical (unpaired) electrons. The Kier molecular flexibility index (Phi) is 6.82. The highest BCUT2D eigenvalue weighted by Gasteiger charge is 2.76. The van der Waals surface area contributed by atoms with E-state index in [0.717, 1.165) is 60.8 Å². The third-order valence-corrected chi connectivity index (χ3v) is 15.4. The molecule has 1 saturated heterocycles. The number of ketones is 1. The van der Waals surface area contributed by atoms with Gasteiger partial charge in [-0.25, -0.2) is 4.79 Å². The average molecular weight is 690 g/mol. The molecule has 1 N–H and O–H groups in total. The Labute approximate surface area is 306 Å². The SMILES string of the molecule is C[C@]12CC[C@H]3[C@]4(C=C[C@@]5(C=C4C(=O)c4ccc(-c6ccccc6)cc4)C[C@@H](O)CC[C@]35C)[C@@H]1CC[C@@]21CN(Cc2cccc3ccccc23)C(=O)O1. The van der Waals surface area contributed by atoms with Gasteiger partial charge in [0.2, 0.25) is 0 Å². The maximum absolute atomic E-state index is 15.1. The van der Waals surface area contributed by atoms with Gasteiger partial charge in [-0.05, 0) is 89.7 Å². The number of aliphatic hydroxyl groups is 1. The number of ether oxygens (including phenoxy) is 1. The van der Waals surface area contributed by atoms with Gasteiger partial charge in [0, 0.05) is 33.9 Å². The van der Waals surface area contributed by atoms with Crippen molar-refractivity contribution in [3.05, 3.63) is 132 Å². The molecule has 1 amide bonds.